The fourth-order valence-corrected chi connectivity index (χ4v) is 3.50. The molecule has 0 saturated heterocycles. The number of carbonyl (C=O) groups excluding carboxylic acids is 1. The third-order valence-electron chi connectivity index (χ3n) is 3.20. The first kappa shape index (κ1) is 16.0. The highest BCUT2D eigenvalue weighted by Gasteiger charge is 2.19. The molecular weight excluding hydrogens is 298 g/mol. The predicted octanol–water partition coefficient (Wildman–Crippen LogP) is 3.34. The topological polar surface area (TPSA) is 63.2 Å². The number of sulfonamides is 1. The van der Waals surface area contributed by atoms with Gasteiger partial charge in [0.1, 0.15) is 0 Å². The molecule has 0 amide bonds. The Labute approximate surface area is 130 Å². The summed E-state index contributed by atoms with van der Waals surface area (Å²) in [5, 5.41) is 0. The van der Waals surface area contributed by atoms with Gasteiger partial charge in [0.15, 0.2) is 6.29 Å². The summed E-state index contributed by atoms with van der Waals surface area (Å²) in [5.41, 5.74) is 2.21. The number of allylic oxidation sites excluding steroid dienone is 1. The summed E-state index contributed by atoms with van der Waals surface area (Å²) in [7, 11) is -3.77. The van der Waals surface area contributed by atoms with Crippen molar-refractivity contribution in [2.45, 2.75) is 18.2 Å². The van der Waals surface area contributed by atoms with Crippen molar-refractivity contribution in [3.05, 3.63) is 71.8 Å². The SMILES string of the molecule is C=CCc1cc(C)ccc1S(=O)(=O)Nc1ccccc1C=O. The largest absolute Gasteiger partial charge is 0.298 e. The van der Waals surface area contributed by atoms with Crippen LogP contribution in [0.5, 0.6) is 0 Å². The molecule has 0 fully saturated rings. The summed E-state index contributed by atoms with van der Waals surface area (Å²) in [5.74, 6) is 0. The van der Waals surface area contributed by atoms with E-state index in [-0.39, 0.29) is 10.6 Å². The minimum atomic E-state index is -3.77. The maximum Gasteiger partial charge on any atom is 0.262 e. The molecule has 0 spiro atoms. The molecule has 2 aromatic carbocycles. The average Bonchev–Trinajstić information content (AvgIpc) is 2.47. The Bertz CT molecular complexity index is 810. The second kappa shape index (κ2) is 6.58. The molecule has 114 valence electrons. The van der Waals surface area contributed by atoms with Crippen molar-refractivity contribution in [2.24, 2.45) is 0 Å². The van der Waals surface area contributed by atoms with E-state index < -0.39 is 10.0 Å². The molecule has 5 heteroatoms. The van der Waals surface area contributed by atoms with Gasteiger partial charge in [-0.05, 0) is 37.1 Å². The number of aldehydes is 1. The molecule has 22 heavy (non-hydrogen) atoms. The van der Waals surface area contributed by atoms with Crippen molar-refractivity contribution >= 4 is 22.0 Å². The number of hydrogen-bond acceptors (Lipinski definition) is 3. The molecule has 0 aliphatic rings. The molecule has 0 saturated carbocycles. The van der Waals surface area contributed by atoms with Gasteiger partial charge in [0.2, 0.25) is 0 Å². The Morgan fingerprint density at radius 2 is 1.91 bits per heavy atom. The Kier molecular flexibility index (Phi) is 4.78. The first-order valence-electron chi connectivity index (χ1n) is 6.75. The van der Waals surface area contributed by atoms with Crippen LogP contribution in [-0.2, 0) is 16.4 Å². The molecule has 0 aliphatic carbocycles. The van der Waals surface area contributed by atoms with Gasteiger partial charge in [-0.15, -0.1) is 6.58 Å². The molecular formula is C17H17NO3S. The van der Waals surface area contributed by atoms with E-state index in [1.54, 1.807) is 42.5 Å². The maximum absolute atomic E-state index is 12.6. The van der Waals surface area contributed by atoms with Gasteiger partial charge in [-0.1, -0.05) is 35.9 Å². The van der Waals surface area contributed by atoms with Crippen LogP contribution < -0.4 is 4.72 Å². The number of para-hydroxylation sites is 1. The number of carbonyl (C=O) groups is 1. The van der Waals surface area contributed by atoms with E-state index >= 15 is 0 Å². The highest BCUT2D eigenvalue weighted by molar-refractivity contribution is 7.92. The van der Waals surface area contributed by atoms with Crippen LogP contribution in [0.3, 0.4) is 0 Å². The van der Waals surface area contributed by atoms with Crippen LogP contribution in [0, 0.1) is 6.92 Å². The molecule has 2 rings (SSSR count). The van der Waals surface area contributed by atoms with Crippen molar-refractivity contribution in [1.82, 2.24) is 0 Å². The summed E-state index contributed by atoms with van der Waals surface area (Å²) in [6.45, 7) is 5.56. The van der Waals surface area contributed by atoms with Gasteiger partial charge >= 0.3 is 0 Å². The third kappa shape index (κ3) is 3.43. The van der Waals surface area contributed by atoms with E-state index in [0.29, 0.717) is 23.8 Å². The Balaban J connectivity index is 2.47. The zero-order valence-corrected chi connectivity index (χ0v) is 13.1. The average molecular weight is 315 g/mol. The molecule has 0 aromatic heterocycles. The molecule has 0 bridgehead atoms. The second-order valence-corrected chi connectivity index (χ2v) is 6.57. The summed E-state index contributed by atoms with van der Waals surface area (Å²) >= 11 is 0. The van der Waals surface area contributed by atoms with Crippen LogP contribution in [0.1, 0.15) is 21.5 Å². The number of rotatable bonds is 6. The fourth-order valence-electron chi connectivity index (χ4n) is 2.18. The van der Waals surface area contributed by atoms with Crippen LogP contribution in [0.4, 0.5) is 5.69 Å². The lowest BCUT2D eigenvalue weighted by atomic mass is 10.1. The van der Waals surface area contributed by atoms with E-state index in [1.807, 2.05) is 13.0 Å². The lowest BCUT2D eigenvalue weighted by molar-refractivity contribution is 0.112. The number of anilines is 1. The van der Waals surface area contributed by atoms with Crippen molar-refractivity contribution in [1.29, 1.82) is 0 Å². The smallest absolute Gasteiger partial charge is 0.262 e. The maximum atomic E-state index is 12.6. The van der Waals surface area contributed by atoms with Crippen molar-refractivity contribution in [2.75, 3.05) is 4.72 Å². The Morgan fingerprint density at radius 1 is 1.18 bits per heavy atom. The first-order valence-corrected chi connectivity index (χ1v) is 8.23. The quantitative estimate of drug-likeness (QED) is 0.657. The lowest BCUT2D eigenvalue weighted by Crippen LogP contribution is -2.16. The number of aryl methyl sites for hydroxylation is 1. The van der Waals surface area contributed by atoms with Gasteiger partial charge in [0.25, 0.3) is 10.0 Å². The van der Waals surface area contributed by atoms with Gasteiger partial charge < -0.3 is 0 Å². The highest BCUT2D eigenvalue weighted by atomic mass is 32.2. The number of benzene rings is 2. The van der Waals surface area contributed by atoms with E-state index in [9.17, 15) is 13.2 Å². The lowest BCUT2D eigenvalue weighted by Gasteiger charge is -2.13. The zero-order valence-electron chi connectivity index (χ0n) is 12.2. The standard InChI is InChI=1S/C17H17NO3S/c1-3-6-14-11-13(2)9-10-17(14)22(20,21)18-16-8-5-4-7-15(16)12-19/h3-5,7-12,18H,1,6H2,2H3. The molecule has 0 heterocycles. The van der Waals surface area contributed by atoms with Gasteiger partial charge in [0, 0.05) is 5.56 Å². The van der Waals surface area contributed by atoms with Gasteiger partial charge in [-0.25, -0.2) is 8.42 Å². The molecule has 4 nitrogen and oxygen atoms in total. The Hall–Kier alpha value is -2.40. The van der Waals surface area contributed by atoms with E-state index in [4.69, 9.17) is 0 Å². The monoisotopic (exact) mass is 315 g/mol. The van der Waals surface area contributed by atoms with Crippen LogP contribution in [0.25, 0.3) is 0 Å². The van der Waals surface area contributed by atoms with E-state index in [0.717, 1.165) is 5.56 Å². The molecule has 0 radical (unpaired) electrons. The zero-order chi connectivity index (χ0) is 16.2. The second-order valence-electron chi connectivity index (χ2n) is 4.91. The number of hydrogen-bond donors (Lipinski definition) is 1. The molecule has 0 unspecified atom stereocenters. The molecule has 0 atom stereocenters. The van der Waals surface area contributed by atoms with Gasteiger partial charge in [-0.3, -0.25) is 9.52 Å². The highest BCUT2D eigenvalue weighted by Crippen LogP contribution is 2.23. The minimum Gasteiger partial charge on any atom is -0.298 e. The molecule has 1 N–H and O–H groups in total. The van der Waals surface area contributed by atoms with Crippen molar-refractivity contribution in [3.8, 4) is 0 Å². The van der Waals surface area contributed by atoms with E-state index in [2.05, 4.69) is 11.3 Å². The van der Waals surface area contributed by atoms with E-state index in [1.165, 1.54) is 0 Å². The van der Waals surface area contributed by atoms with Gasteiger partial charge in [0.05, 0.1) is 10.6 Å². The van der Waals surface area contributed by atoms with Crippen LogP contribution in [-0.4, -0.2) is 14.7 Å². The van der Waals surface area contributed by atoms with Crippen molar-refractivity contribution < 1.29 is 13.2 Å². The minimum absolute atomic E-state index is 0.193. The molecule has 0 aliphatic heterocycles. The third-order valence-corrected chi connectivity index (χ3v) is 4.67. The van der Waals surface area contributed by atoms with Crippen LogP contribution in [0.15, 0.2) is 60.0 Å². The van der Waals surface area contributed by atoms with Gasteiger partial charge in [-0.2, -0.15) is 0 Å². The number of nitrogens with one attached hydrogen (secondary N) is 1. The predicted molar refractivity (Wildman–Crippen MR) is 87.7 cm³/mol. The van der Waals surface area contributed by atoms with Crippen LogP contribution in [0.2, 0.25) is 0 Å². The fraction of sp³-hybridized carbons (Fsp3) is 0.118. The summed E-state index contributed by atoms with van der Waals surface area (Å²) in [4.78, 5) is 11.2. The summed E-state index contributed by atoms with van der Waals surface area (Å²) < 4.78 is 27.7. The normalized spacial score (nSPS) is 11.0. The Morgan fingerprint density at radius 3 is 2.59 bits per heavy atom. The van der Waals surface area contributed by atoms with Crippen LogP contribution >= 0.6 is 0 Å². The first-order chi connectivity index (χ1) is 10.5. The van der Waals surface area contributed by atoms with Crippen molar-refractivity contribution in [3.63, 3.8) is 0 Å². The summed E-state index contributed by atoms with van der Waals surface area (Å²) in [6, 6.07) is 11.6. The summed E-state index contributed by atoms with van der Waals surface area (Å²) in [6.07, 6.45) is 2.73. The molecule has 2 aromatic rings.